The molecule has 1 aromatic heterocycles. The van der Waals surface area contributed by atoms with Crippen LogP contribution in [0.25, 0.3) is 10.9 Å². The lowest BCUT2D eigenvalue weighted by Crippen LogP contribution is -2.28. The normalized spacial score (nSPS) is 15.1. The number of methoxy groups -OCH3 is 1. The molecular weight excluding hydrogens is 424 g/mol. The maximum atomic E-state index is 12.6. The average molecular weight is 455 g/mol. The molecule has 2 aromatic carbocycles. The van der Waals surface area contributed by atoms with Gasteiger partial charge in [-0.2, -0.15) is 0 Å². The molecule has 4 rings (SSSR count). The number of likely N-dealkylation sites (N-methyl/N-ethyl adjacent to an activating group) is 1. The molecule has 32 heavy (non-hydrogen) atoms. The highest BCUT2D eigenvalue weighted by Crippen LogP contribution is 2.35. The number of esters is 1. The highest BCUT2D eigenvalue weighted by molar-refractivity contribution is 6.31. The van der Waals surface area contributed by atoms with E-state index >= 15 is 0 Å². The highest BCUT2D eigenvalue weighted by atomic mass is 35.5. The zero-order valence-corrected chi connectivity index (χ0v) is 20.0. The van der Waals surface area contributed by atoms with Gasteiger partial charge in [0.05, 0.1) is 19.6 Å². The number of benzene rings is 2. The van der Waals surface area contributed by atoms with Gasteiger partial charge in [0.1, 0.15) is 5.75 Å². The number of carbonyl (C=O) groups excluding carboxylic acids is 1. The number of hydrogen-bond donors (Lipinski definition) is 0. The lowest BCUT2D eigenvalue weighted by atomic mass is 9.95. The number of nitrogens with zero attached hydrogens (tertiary/aromatic N) is 2. The van der Waals surface area contributed by atoms with Crippen molar-refractivity contribution in [1.82, 2.24) is 9.47 Å². The molecular formula is C26H31ClN2O3. The molecule has 1 atom stereocenters. The summed E-state index contributed by atoms with van der Waals surface area (Å²) in [5.41, 5.74) is 4.96. The molecule has 0 bridgehead atoms. The lowest BCUT2D eigenvalue weighted by molar-refractivity contribution is -0.147. The number of rotatable bonds is 7. The summed E-state index contributed by atoms with van der Waals surface area (Å²) in [6.45, 7) is 6.39. The minimum Gasteiger partial charge on any atom is -0.497 e. The second-order valence-electron chi connectivity index (χ2n) is 8.90. The fourth-order valence-electron chi connectivity index (χ4n) is 4.66. The molecule has 1 aliphatic rings. The fraction of sp³-hybridized carbons (Fsp3) is 0.423. The van der Waals surface area contributed by atoms with Crippen LogP contribution in [-0.2, 0) is 29.0 Å². The van der Waals surface area contributed by atoms with E-state index in [0.29, 0.717) is 13.0 Å². The first kappa shape index (κ1) is 22.7. The quantitative estimate of drug-likeness (QED) is 0.447. The smallest absolute Gasteiger partial charge is 0.306 e. The van der Waals surface area contributed by atoms with E-state index in [1.54, 1.807) is 7.11 Å². The zero-order valence-electron chi connectivity index (χ0n) is 19.2. The molecule has 1 unspecified atom stereocenters. The monoisotopic (exact) mass is 454 g/mol. The van der Waals surface area contributed by atoms with Crippen molar-refractivity contribution in [2.75, 3.05) is 20.7 Å². The Morgan fingerprint density at radius 1 is 1.16 bits per heavy atom. The molecule has 0 N–H and O–H groups in total. The van der Waals surface area contributed by atoms with E-state index in [1.165, 1.54) is 22.2 Å². The number of halogens is 1. The Kier molecular flexibility index (Phi) is 6.77. The van der Waals surface area contributed by atoms with Crippen LogP contribution < -0.4 is 4.74 Å². The number of hydrogen-bond acceptors (Lipinski definition) is 4. The topological polar surface area (TPSA) is 43.7 Å². The van der Waals surface area contributed by atoms with E-state index in [9.17, 15) is 4.79 Å². The molecule has 0 amide bonds. The molecule has 1 aliphatic heterocycles. The summed E-state index contributed by atoms with van der Waals surface area (Å²) >= 11 is 6.36. The Labute approximate surface area is 194 Å². The van der Waals surface area contributed by atoms with E-state index in [2.05, 4.69) is 40.8 Å². The Balaban J connectivity index is 1.75. The van der Waals surface area contributed by atoms with Crippen molar-refractivity contribution in [2.45, 2.75) is 51.8 Å². The number of carbonyl (C=O) groups is 1. The van der Waals surface area contributed by atoms with Crippen molar-refractivity contribution >= 4 is 28.5 Å². The summed E-state index contributed by atoms with van der Waals surface area (Å²) in [4.78, 5) is 15.0. The third-order valence-electron chi connectivity index (χ3n) is 6.18. The van der Waals surface area contributed by atoms with E-state index in [-0.39, 0.29) is 18.0 Å². The molecule has 0 saturated carbocycles. The maximum Gasteiger partial charge on any atom is 0.306 e. The van der Waals surface area contributed by atoms with Crippen molar-refractivity contribution in [3.63, 3.8) is 0 Å². The first-order valence-electron chi connectivity index (χ1n) is 11.2. The third kappa shape index (κ3) is 4.79. The van der Waals surface area contributed by atoms with Gasteiger partial charge in [-0.3, -0.25) is 4.79 Å². The molecule has 170 valence electrons. The number of fused-ring (bicyclic) bond motifs is 3. The molecule has 0 aliphatic carbocycles. The predicted molar refractivity (Wildman–Crippen MR) is 129 cm³/mol. The first-order valence-corrected chi connectivity index (χ1v) is 11.5. The Morgan fingerprint density at radius 3 is 2.59 bits per heavy atom. The molecule has 2 heterocycles. The predicted octanol–water partition coefficient (Wildman–Crippen LogP) is 5.42. The summed E-state index contributed by atoms with van der Waals surface area (Å²) in [7, 11) is 3.81. The van der Waals surface area contributed by atoms with Crippen LogP contribution >= 0.6 is 11.6 Å². The SMILES string of the molecule is COc1ccc(C(CC(=O)OC(C)C)Cn2c3c(c4cc(Cl)ccc42)CN(C)CC3)cc1. The van der Waals surface area contributed by atoms with Crippen LogP contribution in [0.3, 0.4) is 0 Å². The van der Waals surface area contributed by atoms with Crippen LogP contribution in [0.5, 0.6) is 5.75 Å². The average Bonchev–Trinajstić information content (AvgIpc) is 3.05. The van der Waals surface area contributed by atoms with Gasteiger partial charge in [-0.1, -0.05) is 23.7 Å². The van der Waals surface area contributed by atoms with E-state index in [1.807, 2.05) is 32.0 Å². The molecule has 3 aromatic rings. The molecule has 0 saturated heterocycles. The summed E-state index contributed by atoms with van der Waals surface area (Å²) in [5.74, 6) is 0.620. The van der Waals surface area contributed by atoms with Gasteiger partial charge < -0.3 is 18.9 Å². The van der Waals surface area contributed by atoms with E-state index in [0.717, 1.165) is 35.8 Å². The van der Waals surface area contributed by atoms with Gasteiger partial charge in [-0.25, -0.2) is 0 Å². The van der Waals surface area contributed by atoms with Crippen LogP contribution in [0.15, 0.2) is 42.5 Å². The third-order valence-corrected chi connectivity index (χ3v) is 6.41. The number of aromatic nitrogens is 1. The van der Waals surface area contributed by atoms with Gasteiger partial charge in [-0.15, -0.1) is 0 Å². The van der Waals surface area contributed by atoms with Gasteiger partial charge in [0.2, 0.25) is 0 Å². The van der Waals surface area contributed by atoms with Gasteiger partial charge >= 0.3 is 5.97 Å². The Hall–Kier alpha value is -2.50. The fourth-order valence-corrected chi connectivity index (χ4v) is 4.83. The van der Waals surface area contributed by atoms with Gasteiger partial charge in [0.15, 0.2) is 0 Å². The minimum atomic E-state index is -0.172. The summed E-state index contributed by atoms with van der Waals surface area (Å²) in [6.07, 6.45) is 1.17. The van der Waals surface area contributed by atoms with Crippen LogP contribution in [0.4, 0.5) is 0 Å². The van der Waals surface area contributed by atoms with E-state index < -0.39 is 0 Å². The largest absolute Gasteiger partial charge is 0.497 e. The Bertz CT molecular complexity index is 1100. The first-order chi connectivity index (χ1) is 15.4. The summed E-state index contributed by atoms with van der Waals surface area (Å²) in [6, 6.07) is 14.1. The molecule has 0 spiro atoms. The van der Waals surface area contributed by atoms with Gasteiger partial charge in [0.25, 0.3) is 0 Å². The van der Waals surface area contributed by atoms with E-state index in [4.69, 9.17) is 21.1 Å². The Morgan fingerprint density at radius 2 is 1.91 bits per heavy atom. The van der Waals surface area contributed by atoms with Crippen molar-refractivity contribution < 1.29 is 14.3 Å². The second-order valence-corrected chi connectivity index (χ2v) is 9.33. The zero-order chi connectivity index (χ0) is 22.8. The maximum absolute atomic E-state index is 12.6. The van der Waals surface area contributed by atoms with Gasteiger partial charge in [0, 0.05) is 53.6 Å². The van der Waals surface area contributed by atoms with Crippen molar-refractivity contribution in [2.24, 2.45) is 0 Å². The molecule has 6 heteroatoms. The second kappa shape index (κ2) is 9.55. The van der Waals surface area contributed by atoms with Crippen LogP contribution in [0, 0.1) is 0 Å². The van der Waals surface area contributed by atoms with Crippen molar-refractivity contribution in [3.8, 4) is 5.75 Å². The number of ether oxygens (including phenoxy) is 2. The summed E-state index contributed by atoms with van der Waals surface area (Å²) in [5, 5.41) is 1.95. The van der Waals surface area contributed by atoms with Gasteiger partial charge in [-0.05, 0) is 62.4 Å². The van der Waals surface area contributed by atoms with Crippen LogP contribution in [0.2, 0.25) is 5.02 Å². The van der Waals surface area contributed by atoms with Crippen LogP contribution in [-0.4, -0.2) is 42.2 Å². The lowest BCUT2D eigenvalue weighted by Gasteiger charge is -2.26. The standard InChI is InChI=1S/C26H31ClN2O3/c1-17(2)32-26(30)13-19(18-5-8-21(31-4)9-6-18)15-29-24-10-7-20(27)14-22(24)23-16-28(3)12-11-25(23)29/h5-10,14,17,19H,11-13,15-16H2,1-4H3. The molecule has 0 fully saturated rings. The summed E-state index contributed by atoms with van der Waals surface area (Å²) < 4.78 is 13.2. The van der Waals surface area contributed by atoms with Crippen molar-refractivity contribution in [3.05, 3.63) is 64.3 Å². The highest BCUT2D eigenvalue weighted by Gasteiger charge is 2.26. The van der Waals surface area contributed by atoms with Crippen molar-refractivity contribution in [1.29, 1.82) is 0 Å². The van der Waals surface area contributed by atoms with Crippen LogP contribution in [0.1, 0.15) is 43.0 Å². The molecule has 5 nitrogen and oxygen atoms in total. The minimum absolute atomic E-state index is 0.0119. The molecule has 0 radical (unpaired) electrons.